The van der Waals surface area contributed by atoms with Crippen LogP contribution >= 0.6 is 0 Å². The van der Waals surface area contributed by atoms with Gasteiger partial charge in [-0.05, 0) is 25.1 Å². The van der Waals surface area contributed by atoms with Crippen molar-refractivity contribution in [1.29, 1.82) is 0 Å². The molecule has 0 bridgehead atoms. The number of nitrogens with one attached hydrogen (secondary N) is 1. The second-order valence-electron chi connectivity index (χ2n) is 4.26. The molecule has 6 heteroatoms. The van der Waals surface area contributed by atoms with Crippen LogP contribution in [0, 0.1) is 10.1 Å². The lowest BCUT2D eigenvalue weighted by atomic mass is 10.2. The van der Waals surface area contributed by atoms with Crippen LogP contribution in [0.4, 0.5) is 11.4 Å². The zero-order valence-electron chi connectivity index (χ0n) is 11.2. The molecular weight excluding hydrogens is 258 g/mol. The van der Waals surface area contributed by atoms with Gasteiger partial charge in [0.05, 0.1) is 23.8 Å². The van der Waals surface area contributed by atoms with Crippen LogP contribution in [0.1, 0.15) is 18.7 Å². The maximum absolute atomic E-state index is 11.0. The van der Waals surface area contributed by atoms with Gasteiger partial charge in [0.15, 0.2) is 0 Å². The Morgan fingerprint density at radius 1 is 1.35 bits per heavy atom. The van der Waals surface area contributed by atoms with Gasteiger partial charge in [-0.15, -0.1) is 0 Å². The average Bonchev–Trinajstić information content (AvgIpc) is 2.47. The molecule has 0 fully saturated rings. The van der Waals surface area contributed by atoms with Gasteiger partial charge in [-0.3, -0.25) is 15.1 Å². The van der Waals surface area contributed by atoms with Crippen molar-refractivity contribution in [2.45, 2.75) is 13.0 Å². The van der Waals surface area contributed by atoms with Gasteiger partial charge in [0.1, 0.15) is 11.4 Å². The first-order valence-corrected chi connectivity index (χ1v) is 6.11. The third-order valence-corrected chi connectivity index (χ3v) is 2.90. The van der Waals surface area contributed by atoms with Crippen molar-refractivity contribution in [3.05, 3.63) is 58.4 Å². The molecule has 1 N–H and O–H groups in total. The molecule has 2 aromatic rings. The Kier molecular flexibility index (Phi) is 4.14. The molecule has 0 radical (unpaired) electrons. The van der Waals surface area contributed by atoms with Crippen molar-refractivity contribution >= 4 is 11.4 Å². The smallest absolute Gasteiger partial charge is 0.292 e. The minimum atomic E-state index is -0.424. The number of hydrogen-bond donors (Lipinski definition) is 1. The number of hydrogen-bond acceptors (Lipinski definition) is 5. The molecule has 1 unspecified atom stereocenters. The summed E-state index contributed by atoms with van der Waals surface area (Å²) < 4.78 is 5.10. The highest BCUT2D eigenvalue weighted by Crippen LogP contribution is 2.31. The summed E-state index contributed by atoms with van der Waals surface area (Å²) in [6.45, 7) is 1.89. The predicted octanol–water partition coefficient (Wildman–Crippen LogP) is 3.17. The summed E-state index contributed by atoms with van der Waals surface area (Å²) in [6.07, 6.45) is 1.69. The number of pyridine rings is 1. The monoisotopic (exact) mass is 273 g/mol. The van der Waals surface area contributed by atoms with Crippen molar-refractivity contribution in [2.24, 2.45) is 0 Å². The SMILES string of the molecule is COc1ccc([N+](=O)[O-])c(NC(C)c2ccccn2)c1. The zero-order valence-corrected chi connectivity index (χ0v) is 11.2. The Bertz CT molecular complexity index is 602. The number of nitro benzene ring substituents is 1. The first kappa shape index (κ1) is 13.8. The molecule has 1 aromatic heterocycles. The van der Waals surface area contributed by atoms with Crippen LogP contribution in [0.2, 0.25) is 0 Å². The van der Waals surface area contributed by atoms with E-state index in [0.29, 0.717) is 11.4 Å². The topological polar surface area (TPSA) is 77.3 Å². The van der Waals surface area contributed by atoms with Gasteiger partial charge in [-0.2, -0.15) is 0 Å². The largest absolute Gasteiger partial charge is 0.497 e. The first-order chi connectivity index (χ1) is 9.61. The molecule has 1 atom stereocenters. The second-order valence-corrected chi connectivity index (χ2v) is 4.26. The van der Waals surface area contributed by atoms with Gasteiger partial charge in [-0.25, -0.2) is 0 Å². The highest BCUT2D eigenvalue weighted by atomic mass is 16.6. The Morgan fingerprint density at radius 2 is 2.15 bits per heavy atom. The molecule has 20 heavy (non-hydrogen) atoms. The van der Waals surface area contributed by atoms with Crippen LogP contribution in [-0.2, 0) is 0 Å². The Morgan fingerprint density at radius 3 is 2.75 bits per heavy atom. The molecule has 0 spiro atoms. The lowest BCUT2D eigenvalue weighted by Crippen LogP contribution is -2.09. The van der Waals surface area contributed by atoms with E-state index >= 15 is 0 Å². The minimum Gasteiger partial charge on any atom is -0.497 e. The standard InChI is InChI=1S/C14H15N3O3/c1-10(12-5-3-4-8-15-12)16-13-9-11(20-2)6-7-14(13)17(18)19/h3-10,16H,1-2H3. The minimum absolute atomic E-state index is 0.00795. The summed E-state index contributed by atoms with van der Waals surface area (Å²) in [5.74, 6) is 0.561. The van der Waals surface area contributed by atoms with Gasteiger partial charge in [0.25, 0.3) is 5.69 Å². The van der Waals surface area contributed by atoms with Crippen LogP contribution < -0.4 is 10.1 Å². The molecule has 0 aliphatic carbocycles. The molecule has 6 nitrogen and oxygen atoms in total. The van der Waals surface area contributed by atoms with Gasteiger partial charge in [0, 0.05) is 18.3 Å². The number of methoxy groups -OCH3 is 1. The number of aromatic nitrogens is 1. The number of benzene rings is 1. The normalized spacial score (nSPS) is 11.7. The highest BCUT2D eigenvalue weighted by molar-refractivity contribution is 5.64. The number of ether oxygens (including phenoxy) is 1. The van der Waals surface area contributed by atoms with Crippen molar-refractivity contribution in [2.75, 3.05) is 12.4 Å². The second kappa shape index (κ2) is 6.01. The maximum atomic E-state index is 11.0. The van der Waals surface area contributed by atoms with Crippen molar-refractivity contribution in [3.63, 3.8) is 0 Å². The molecule has 0 saturated heterocycles. The third kappa shape index (κ3) is 3.03. The maximum Gasteiger partial charge on any atom is 0.292 e. The molecule has 0 saturated carbocycles. The molecule has 0 aliphatic rings. The van der Waals surface area contributed by atoms with Gasteiger partial charge in [0.2, 0.25) is 0 Å². The number of anilines is 1. The fourth-order valence-electron chi connectivity index (χ4n) is 1.86. The summed E-state index contributed by atoms with van der Waals surface area (Å²) in [4.78, 5) is 14.9. The Hall–Kier alpha value is -2.63. The summed E-state index contributed by atoms with van der Waals surface area (Å²) in [5.41, 5.74) is 1.23. The van der Waals surface area contributed by atoms with Gasteiger partial charge >= 0.3 is 0 Å². The number of nitro groups is 1. The quantitative estimate of drug-likeness (QED) is 0.668. The summed E-state index contributed by atoms with van der Waals surface area (Å²) in [6, 6.07) is 10.0. The van der Waals surface area contributed by atoms with Gasteiger partial charge in [-0.1, -0.05) is 6.07 Å². The van der Waals surface area contributed by atoms with E-state index in [2.05, 4.69) is 10.3 Å². The Labute approximate surface area is 116 Å². The van der Waals surface area contributed by atoms with Crippen molar-refractivity contribution in [3.8, 4) is 5.75 Å². The molecule has 0 amide bonds. The average molecular weight is 273 g/mol. The van der Waals surface area contributed by atoms with E-state index in [9.17, 15) is 10.1 Å². The van der Waals surface area contributed by atoms with Crippen LogP contribution in [0.3, 0.4) is 0 Å². The molecule has 1 aromatic carbocycles. The van der Waals surface area contributed by atoms with E-state index in [-0.39, 0.29) is 11.7 Å². The fraction of sp³-hybridized carbons (Fsp3) is 0.214. The van der Waals surface area contributed by atoms with E-state index in [1.807, 2.05) is 25.1 Å². The van der Waals surface area contributed by atoms with Crippen LogP contribution in [0.5, 0.6) is 5.75 Å². The van der Waals surface area contributed by atoms with Crippen LogP contribution in [-0.4, -0.2) is 17.0 Å². The fourth-order valence-corrected chi connectivity index (χ4v) is 1.86. The third-order valence-electron chi connectivity index (χ3n) is 2.90. The van der Waals surface area contributed by atoms with E-state index in [0.717, 1.165) is 5.69 Å². The van der Waals surface area contributed by atoms with Crippen LogP contribution in [0.25, 0.3) is 0 Å². The lowest BCUT2D eigenvalue weighted by molar-refractivity contribution is -0.384. The van der Waals surface area contributed by atoms with Crippen molar-refractivity contribution in [1.82, 2.24) is 4.98 Å². The Balaban J connectivity index is 2.29. The number of nitrogens with zero attached hydrogens (tertiary/aromatic N) is 2. The zero-order chi connectivity index (χ0) is 14.5. The van der Waals surface area contributed by atoms with E-state index in [4.69, 9.17) is 4.74 Å². The molecule has 104 valence electrons. The van der Waals surface area contributed by atoms with Gasteiger partial charge < -0.3 is 10.1 Å². The first-order valence-electron chi connectivity index (χ1n) is 6.11. The summed E-state index contributed by atoms with van der Waals surface area (Å²) in [7, 11) is 1.52. The van der Waals surface area contributed by atoms with Crippen molar-refractivity contribution < 1.29 is 9.66 Å². The summed E-state index contributed by atoms with van der Waals surface area (Å²) in [5, 5.41) is 14.1. The predicted molar refractivity (Wildman–Crippen MR) is 75.9 cm³/mol. The number of rotatable bonds is 5. The molecule has 0 aliphatic heterocycles. The highest BCUT2D eigenvalue weighted by Gasteiger charge is 2.17. The van der Waals surface area contributed by atoms with E-state index < -0.39 is 4.92 Å². The van der Waals surface area contributed by atoms with E-state index in [1.165, 1.54) is 13.2 Å². The summed E-state index contributed by atoms with van der Waals surface area (Å²) >= 11 is 0. The lowest BCUT2D eigenvalue weighted by Gasteiger charge is -2.15. The van der Waals surface area contributed by atoms with Crippen LogP contribution in [0.15, 0.2) is 42.6 Å². The molecular formula is C14H15N3O3. The molecule has 2 rings (SSSR count). The van der Waals surface area contributed by atoms with E-state index in [1.54, 1.807) is 18.3 Å². The molecule has 1 heterocycles.